The van der Waals surface area contributed by atoms with Crippen LogP contribution in [-0.2, 0) is 17.6 Å². The maximum absolute atomic E-state index is 10.4. The van der Waals surface area contributed by atoms with E-state index in [0.717, 1.165) is 47.7 Å². The van der Waals surface area contributed by atoms with Crippen LogP contribution in [0.4, 0.5) is 11.5 Å². The van der Waals surface area contributed by atoms with Crippen LogP contribution in [0.25, 0.3) is 0 Å². The van der Waals surface area contributed by atoms with Gasteiger partial charge in [0.2, 0.25) is 0 Å². The first-order valence-corrected chi connectivity index (χ1v) is 9.30. The number of carbonyl (C=O) groups is 1. The number of carbonyl (C=O) groups excluding carboxylic acids is 1. The highest BCUT2D eigenvalue weighted by atomic mass is 16.1. The number of benzene rings is 1. The third-order valence-electron chi connectivity index (χ3n) is 4.49. The van der Waals surface area contributed by atoms with Crippen LogP contribution in [0.2, 0.25) is 0 Å². The van der Waals surface area contributed by atoms with E-state index in [0.29, 0.717) is 18.3 Å². The maximum atomic E-state index is 10.4. The smallest absolute Gasteiger partial charge is 0.148 e. The number of nitrogens with one attached hydrogen (secondary N) is 2. The van der Waals surface area contributed by atoms with Crippen molar-refractivity contribution in [3.05, 3.63) is 46.9 Å². The Bertz CT molecular complexity index is 741. The molecule has 26 heavy (non-hydrogen) atoms. The fourth-order valence-corrected chi connectivity index (χ4v) is 2.78. The van der Waals surface area contributed by atoms with E-state index in [1.165, 1.54) is 5.56 Å². The van der Waals surface area contributed by atoms with Crippen molar-refractivity contribution in [1.29, 1.82) is 0 Å². The molecule has 0 bridgehead atoms. The quantitative estimate of drug-likeness (QED) is 0.789. The second-order valence-corrected chi connectivity index (χ2v) is 7.11. The Hall–Kier alpha value is -2.43. The molecule has 2 aromatic rings. The zero-order valence-electron chi connectivity index (χ0n) is 16.5. The molecular weight excluding hydrogens is 324 g/mol. The predicted octanol–water partition coefficient (Wildman–Crippen LogP) is 4.16. The van der Waals surface area contributed by atoms with Crippen LogP contribution < -0.4 is 10.6 Å². The van der Waals surface area contributed by atoms with Gasteiger partial charge in [-0.25, -0.2) is 4.98 Å². The molecule has 0 saturated heterocycles. The Morgan fingerprint density at radius 3 is 2.62 bits per heavy atom. The van der Waals surface area contributed by atoms with Crippen LogP contribution in [0.3, 0.4) is 0 Å². The van der Waals surface area contributed by atoms with Crippen LogP contribution in [-0.4, -0.2) is 29.8 Å². The zero-order valence-corrected chi connectivity index (χ0v) is 16.5. The highest BCUT2D eigenvalue weighted by molar-refractivity contribution is 5.63. The average molecular weight is 354 g/mol. The summed E-state index contributed by atoms with van der Waals surface area (Å²) in [6, 6.07) is 6.23. The third kappa shape index (κ3) is 5.04. The standard InChI is InChI=1S/C12H17NO.C9H13N3/c1-9(2)11-5-4-10(6-7-14)12(8-11)13-3;1-6(2)8-5-11-7-3-4-10-9(7)12-8/h4-5,7-9,13H,6H2,1-3H3;5-6H,3-4H2,1-2H3,(H,10,12). The number of anilines is 2. The normalized spacial score (nSPS) is 12.3. The van der Waals surface area contributed by atoms with Crippen LogP contribution in [0.1, 0.15) is 62.0 Å². The highest BCUT2D eigenvalue weighted by Crippen LogP contribution is 2.22. The number of fused-ring (bicyclic) bond motifs is 1. The maximum Gasteiger partial charge on any atom is 0.148 e. The fraction of sp³-hybridized carbons (Fsp3) is 0.476. The van der Waals surface area contributed by atoms with Gasteiger partial charge < -0.3 is 15.4 Å². The molecule has 5 heteroatoms. The van der Waals surface area contributed by atoms with Gasteiger partial charge >= 0.3 is 0 Å². The van der Waals surface area contributed by atoms with Crippen molar-refractivity contribution in [2.24, 2.45) is 0 Å². The number of rotatable bonds is 5. The van der Waals surface area contributed by atoms with Gasteiger partial charge in [0.1, 0.15) is 12.1 Å². The molecule has 1 aliphatic heterocycles. The predicted molar refractivity (Wildman–Crippen MR) is 108 cm³/mol. The summed E-state index contributed by atoms with van der Waals surface area (Å²) in [7, 11) is 1.88. The summed E-state index contributed by atoms with van der Waals surface area (Å²) in [6.07, 6.45) is 4.32. The van der Waals surface area contributed by atoms with Crippen LogP contribution >= 0.6 is 0 Å². The second-order valence-electron chi connectivity index (χ2n) is 7.11. The number of hydrogen-bond acceptors (Lipinski definition) is 5. The van der Waals surface area contributed by atoms with E-state index >= 15 is 0 Å². The van der Waals surface area contributed by atoms with Crippen LogP contribution in [0.5, 0.6) is 0 Å². The summed E-state index contributed by atoms with van der Waals surface area (Å²) in [5, 5.41) is 6.34. The largest absolute Gasteiger partial charge is 0.388 e. The molecule has 0 radical (unpaired) electrons. The summed E-state index contributed by atoms with van der Waals surface area (Å²) < 4.78 is 0. The SMILES string of the molecule is CC(C)c1cnc2c(n1)NCC2.CNc1cc(C(C)C)ccc1CC=O. The van der Waals surface area contributed by atoms with E-state index in [1.54, 1.807) is 0 Å². The van der Waals surface area contributed by atoms with E-state index in [2.05, 4.69) is 60.4 Å². The lowest BCUT2D eigenvalue weighted by molar-refractivity contribution is -0.107. The Morgan fingerprint density at radius 2 is 2.00 bits per heavy atom. The number of nitrogens with zero attached hydrogens (tertiary/aromatic N) is 2. The summed E-state index contributed by atoms with van der Waals surface area (Å²) in [6.45, 7) is 9.57. The molecule has 2 N–H and O–H groups in total. The molecule has 2 heterocycles. The first-order chi connectivity index (χ1) is 12.5. The minimum Gasteiger partial charge on any atom is -0.388 e. The van der Waals surface area contributed by atoms with Crippen molar-refractivity contribution in [2.45, 2.75) is 52.4 Å². The lowest BCUT2D eigenvalue weighted by Crippen LogP contribution is -1.98. The van der Waals surface area contributed by atoms with E-state index in [4.69, 9.17) is 0 Å². The summed E-state index contributed by atoms with van der Waals surface area (Å²) in [5.74, 6) is 1.97. The molecule has 0 saturated carbocycles. The Morgan fingerprint density at radius 1 is 1.23 bits per heavy atom. The molecule has 0 fully saturated rings. The highest BCUT2D eigenvalue weighted by Gasteiger charge is 2.13. The Labute approximate surface area is 156 Å². The minimum absolute atomic E-state index is 0.463. The van der Waals surface area contributed by atoms with Crippen LogP contribution in [0, 0.1) is 0 Å². The van der Waals surface area contributed by atoms with Crippen molar-refractivity contribution < 1.29 is 4.79 Å². The molecule has 0 aliphatic carbocycles. The third-order valence-corrected chi connectivity index (χ3v) is 4.49. The molecular formula is C21H30N4O. The molecule has 140 valence electrons. The van der Waals surface area contributed by atoms with E-state index in [9.17, 15) is 4.79 Å². The fourth-order valence-electron chi connectivity index (χ4n) is 2.78. The van der Waals surface area contributed by atoms with Gasteiger partial charge in [-0.1, -0.05) is 39.8 Å². The molecule has 0 atom stereocenters. The van der Waals surface area contributed by atoms with Crippen molar-refractivity contribution >= 4 is 17.8 Å². The van der Waals surface area contributed by atoms with Crippen molar-refractivity contribution in [2.75, 3.05) is 24.2 Å². The van der Waals surface area contributed by atoms with Gasteiger partial charge in [0.25, 0.3) is 0 Å². The summed E-state index contributed by atoms with van der Waals surface area (Å²) in [5.41, 5.74) is 5.60. The Balaban J connectivity index is 0.000000189. The molecule has 0 unspecified atom stereocenters. The van der Waals surface area contributed by atoms with Crippen molar-refractivity contribution in [3.8, 4) is 0 Å². The van der Waals surface area contributed by atoms with Gasteiger partial charge in [0.15, 0.2) is 0 Å². The van der Waals surface area contributed by atoms with E-state index in [1.807, 2.05) is 19.3 Å². The van der Waals surface area contributed by atoms with Gasteiger partial charge in [0.05, 0.1) is 11.4 Å². The first-order valence-electron chi connectivity index (χ1n) is 9.30. The van der Waals surface area contributed by atoms with Crippen molar-refractivity contribution in [3.63, 3.8) is 0 Å². The minimum atomic E-state index is 0.463. The molecule has 1 aliphatic rings. The monoisotopic (exact) mass is 354 g/mol. The number of aldehydes is 1. The van der Waals surface area contributed by atoms with Gasteiger partial charge in [0, 0.05) is 38.3 Å². The molecule has 3 rings (SSSR count). The van der Waals surface area contributed by atoms with E-state index in [-0.39, 0.29) is 0 Å². The number of hydrogen-bond donors (Lipinski definition) is 2. The Kier molecular flexibility index (Phi) is 7.13. The molecule has 0 amide bonds. The zero-order chi connectivity index (χ0) is 19.1. The second kappa shape index (κ2) is 9.32. The molecule has 0 spiro atoms. The summed E-state index contributed by atoms with van der Waals surface area (Å²) in [4.78, 5) is 19.3. The van der Waals surface area contributed by atoms with Gasteiger partial charge in [-0.15, -0.1) is 0 Å². The molecule has 1 aromatic heterocycles. The van der Waals surface area contributed by atoms with Crippen molar-refractivity contribution in [1.82, 2.24) is 9.97 Å². The van der Waals surface area contributed by atoms with Gasteiger partial charge in [-0.2, -0.15) is 0 Å². The number of aromatic nitrogens is 2. The van der Waals surface area contributed by atoms with E-state index < -0.39 is 0 Å². The average Bonchev–Trinajstić information content (AvgIpc) is 3.10. The van der Waals surface area contributed by atoms with Crippen LogP contribution in [0.15, 0.2) is 24.4 Å². The van der Waals surface area contributed by atoms with Gasteiger partial charge in [-0.3, -0.25) is 4.98 Å². The molecule has 5 nitrogen and oxygen atoms in total. The first kappa shape index (κ1) is 19.9. The molecule has 1 aromatic carbocycles. The topological polar surface area (TPSA) is 66.9 Å². The summed E-state index contributed by atoms with van der Waals surface area (Å²) >= 11 is 0. The lowest BCUT2D eigenvalue weighted by atomic mass is 9.99. The van der Waals surface area contributed by atoms with Gasteiger partial charge in [-0.05, 0) is 29.0 Å². The lowest BCUT2D eigenvalue weighted by Gasteiger charge is -2.11.